The highest BCUT2D eigenvalue weighted by Crippen LogP contribution is 2.29. The highest BCUT2D eigenvalue weighted by Gasteiger charge is 2.48. The van der Waals surface area contributed by atoms with E-state index >= 15 is 0 Å². The number of benzene rings is 1. The van der Waals surface area contributed by atoms with Crippen LogP contribution in [0.2, 0.25) is 5.02 Å². The van der Waals surface area contributed by atoms with Crippen LogP contribution in [0.5, 0.6) is 5.75 Å². The molecule has 0 aromatic heterocycles. The first-order chi connectivity index (χ1) is 13.4. The lowest BCUT2D eigenvalue weighted by Crippen LogP contribution is -3.10. The van der Waals surface area contributed by atoms with Crippen LogP contribution in [0, 0.1) is 5.21 Å². The molecule has 156 valence electrons. The average Bonchev–Trinajstić information content (AvgIpc) is 2.89. The third-order valence-electron chi connectivity index (χ3n) is 4.90. The van der Waals surface area contributed by atoms with Crippen molar-refractivity contribution in [3.63, 3.8) is 0 Å². The Morgan fingerprint density at radius 2 is 1.89 bits per heavy atom. The molecule has 0 saturated carbocycles. The molecule has 3 atom stereocenters. The number of hydrogen-bond acceptors (Lipinski definition) is 6. The van der Waals surface area contributed by atoms with Crippen molar-refractivity contribution in [2.24, 2.45) is 0 Å². The first kappa shape index (κ1) is 21.8. The number of unbranched alkanes of at least 4 members (excludes halogenated alkanes) is 3. The fraction of sp³-hybridized carbons (Fsp3) is 0.556. The van der Waals surface area contributed by atoms with Gasteiger partial charge in [-0.2, -0.15) is 0 Å². The quantitative estimate of drug-likeness (QED) is 0.285. The number of ether oxygens (including phenoxy) is 1. The average molecular weight is 449 g/mol. The predicted molar refractivity (Wildman–Crippen MR) is 111 cm³/mol. The van der Waals surface area contributed by atoms with E-state index in [1.807, 2.05) is 24.3 Å². The molecule has 28 heavy (non-hydrogen) atoms. The zero-order chi connectivity index (χ0) is 20.3. The van der Waals surface area contributed by atoms with Gasteiger partial charge in [0.1, 0.15) is 11.4 Å². The predicted octanol–water partition coefficient (Wildman–Crippen LogP) is 2.47. The van der Waals surface area contributed by atoms with E-state index in [4.69, 9.17) is 28.1 Å². The third-order valence-corrected chi connectivity index (χ3v) is 7.05. The maximum absolute atomic E-state index is 12.7. The Balaban J connectivity index is 1.42. The van der Waals surface area contributed by atoms with Crippen LogP contribution in [0.4, 0.5) is 0 Å². The van der Waals surface area contributed by atoms with Gasteiger partial charge in [0.05, 0.1) is 19.7 Å². The minimum absolute atomic E-state index is 0.0529. The summed E-state index contributed by atoms with van der Waals surface area (Å²) in [7, 11) is 1.78. The first-order valence-electron chi connectivity index (χ1n) is 9.41. The number of halogens is 2. The monoisotopic (exact) mass is 448 g/mol. The van der Waals surface area contributed by atoms with Gasteiger partial charge in [0.2, 0.25) is 0 Å². The molecule has 0 saturated heterocycles. The van der Waals surface area contributed by atoms with E-state index in [-0.39, 0.29) is 5.06 Å². The molecule has 1 aromatic carbocycles. The second-order valence-electron chi connectivity index (χ2n) is 6.98. The van der Waals surface area contributed by atoms with E-state index in [1.165, 1.54) is 4.42 Å². The fourth-order valence-electron chi connectivity index (χ4n) is 3.32. The summed E-state index contributed by atoms with van der Waals surface area (Å²) < 4.78 is 23.2. The molecule has 3 rings (SSSR count). The molecular formula is C18H26Cl2N4O3S. The van der Waals surface area contributed by atoms with Gasteiger partial charge in [-0.05, 0) is 43.5 Å². The molecule has 10 heteroatoms. The van der Waals surface area contributed by atoms with Crippen LogP contribution >= 0.6 is 23.4 Å². The zero-order valence-electron chi connectivity index (χ0n) is 16.1. The third kappa shape index (κ3) is 4.81. The molecule has 0 fully saturated rings. The smallest absolute Gasteiger partial charge is 0.269 e. The molecule has 3 unspecified atom stereocenters. The molecule has 2 aliphatic rings. The lowest BCUT2D eigenvalue weighted by molar-refractivity contribution is -0.841. The normalized spacial score (nSPS) is 25.4. The van der Waals surface area contributed by atoms with Gasteiger partial charge < -0.3 is 19.6 Å². The molecule has 7 nitrogen and oxygen atoms in total. The Morgan fingerprint density at radius 1 is 1.21 bits per heavy atom. The molecule has 0 bridgehead atoms. The summed E-state index contributed by atoms with van der Waals surface area (Å²) in [5.41, 5.74) is 0.748. The lowest BCUT2D eigenvalue weighted by Gasteiger charge is -2.35. The minimum Gasteiger partial charge on any atom is -0.626 e. The standard InChI is InChI=1S/C18H26Cl2N4O3S/c1-14-23(20)17-13-21(2)28(26)22(18(17)24(14)25)11-5-3-4-6-12-27-16-9-7-15(19)8-10-16/h7-10,14,24H,3-6,11-13H2,1-2H3. The summed E-state index contributed by atoms with van der Waals surface area (Å²) in [6.45, 7) is 3.40. The van der Waals surface area contributed by atoms with Gasteiger partial charge in [-0.1, -0.05) is 18.0 Å². The van der Waals surface area contributed by atoms with Crippen molar-refractivity contribution >= 4 is 34.9 Å². The number of hydroxylamine groups is 2. The number of likely N-dealkylation sites (N-methyl/N-ethyl adjacent to an activating group) is 1. The van der Waals surface area contributed by atoms with Crippen LogP contribution in [0.3, 0.4) is 0 Å². The van der Waals surface area contributed by atoms with Crippen molar-refractivity contribution in [1.29, 1.82) is 0 Å². The Morgan fingerprint density at radius 3 is 2.61 bits per heavy atom. The maximum atomic E-state index is 12.7. The molecule has 0 spiro atoms. The second-order valence-corrected chi connectivity index (χ2v) is 9.31. The van der Waals surface area contributed by atoms with E-state index in [0.717, 1.165) is 37.1 Å². The van der Waals surface area contributed by atoms with E-state index in [9.17, 15) is 9.76 Å². The SMILES string of the molecule is CC1N(Cl)C2=C(N(CCCCCCOc3ccc(Cl)cc3)[S+]([O-])N(C)C2)[NH+]1[O-]. The summed E-state index contributed by atoms with van der Waals surface area (Å²) >= 11 is 10.8. The Hall–Kier alpha value is -0.870. The highest BCUT2D eigenvalue weighted by molar-refractivity contribution is 7.86. The number of rotatable bonds is 8. The van der Waals surface area contributed by atoms with Gasteiger partial charge in [-0.25, -0.2) is 4.42 Å². The molecule has 0 aliphatic carbocycles. The van der Waals surface area contributed by atoms with Crippen molar-refractivity contribution in [3.05, 3.63) is 46.0 Å². The lowest BCUT2D eigenvalue weighted by atomic mass is 10.2. The Bertz CT molecular complexity index is 694. The van der Waals surface area contributed by atoms with E-state index in [0.29, 0.717) is 30.5 Å². The van der Waals surface area contributed by atoms with E-state index < -0.39 is 17.7 Å². The number of nitrogens with one attached hydrogen (secondary N) is 1. The summed E-state index contributed by atoms with van der Waals surface area (Å²) in [5.74, 6) is 1.33. The molecule has 1 aromatic rings. The van der Waals surface area contributed by atoms with Gasteiger partial charge in [0.15, 0.2) is 17.7 Å². The second kappa shape index (κ2) is 9.75. The van der Waals surface area contributed by atoms with Crippen molar-refractivity contribution in [1.82, 2.24) is 13.0 Å². The molecule has 2 aliphatic heterocycles. The van der Waals surface area contributed by atoms with Gasteiger partial charge in [-0.15, -0.1) is 8.61 Å². The molecular weight excluding hydrogens is 423 g/mol. The summed E-state index contributed by atoms with van der Waals surface area (Å²) in [4.78, 5) is 0. The number of hydrogen-bond donors (Lipinski definition) is 1. The summed E-state index contributed by atoms with van der Waals surface area (Å²) in [5, 5.41) is 13.2. The fourth-order valence-corrected chi connectivity index (χ4v) is 4.88. The van der Waals surface area contributed by atoms with Crippen molar-refractivity contribution in [2.45, 2.75) is 38.8 Å². The maximum Gasteiger partial charge on any atom is 0.269 e. The van der Waals surface area contributed by atoms with Crippen LogP contribution < -0.4 is 9.80 Å². The van der Waals surface area contributed by atoms with Crippen molar-refractivity contribution in [2.75, 3.05) is 26.7 Å². The van der Waals surface area contributed by atoms with Crippen molar-refractivity contribution < 1.29 is 14.4 Å². The number of quaternary nitrogens is 1. The largest absolute Gasteiger partial charge is 0.626 e. The molecule has 0 amide bonds. The minimum atomic E-state index is -1.35. The van der Waals surface area contributed by atoms with Crippen molar-refractivity contribution in [3.8, 4) is 5.75 Å². The van der Waals surface area contributed by atoms with Crippen LogP contribution in [0.15, 0.2) is 35.8 Å². The van der Waals surface area contributed by atoms with Gasteiger partial charge >= 0.3 is 0 Å². The molecule has 0 radical (unpaired) electrons. The zero-order valence-corrected chi connectivity index (χ0v) is 18.4. The van der Waals surface area contributed by atoms with Crippen LogP contribution in [-0.4, -0.2) is 50.5 Å². The van der Waals surface area contributed by atoms with Crippen LogP contribution in [0.25, 0.3) is 0 Å². The van der Waals surface area contributed by atoms with E-state index in [2.05, 4.69) is 0 Å². The van der Waals surface area contributed by atoms with Crippen LogP contribution in [-0.2, 0) is 11.5 Å². The number of nitrogens with zero attached hydrogens (tertiary/aromatic N) is 3. The molecule has 1 N–H and O–H groups in total. The molecule has 2 heterocycles. The highest BCUT2D eigenvalue weighted by atomic mass is 35.5. The first-order valence-corrected chi connectivity index (χ1v) is 11.2. The Kier molecular flexibility index (Phi) is 7.60. The van der Waals surface area contributed by atoms with Crippen LogP contribution in [0.1, 0.15) is 32.6 Å². The van der Waals surface area contributed by atoms with Gasteiger partial charge in [-0.3, -0.25) is 0 Å². The summed E-state index contributed by atoms with van der Waals surface area (Å²) in [6.07, 6.45) is 3.34. The Labute approximate surface area is 179 Å². The topological polar surface area (TPSA) is 69.5 Å². The van der Waals surface area contributed by atoms with Gasteiger partial charge in [0.25, 0.3) is 5.82 Å². The van der Waals surface area contributed by atoms with Gasteiger partial charge in [0, 0.05) is 30.8 Å². The van der Waals surface area contributed by atoms with E-state index in [1.54, 1.807) is 22.6 Å². The summed E-state index contributed by atoms with van der Waals surface area (Å²) in [6, 6.07) is 7.33.